The van der Waals surface area contributed by atoms with E-state index < -0.39 is 11.9 Å². The summed E-state index contributed by atoms with van der Waals surface area (Å²) in [5, 5.41) is 3.37. The van der Waals surface area contributed by atoms with Gasteiger partial charge >= 0.3 is 0 Å². The van der Waals surface area contributed by atoms with Crippen LogP contribution in [0.1, 0.15) is 15.9 Å². The number of likely N-dealkylation sites (N-methyl/N-ethyl adjacent to an activating group) is 1. The van der Waals surface area contributed by atoms with Crippen LogP contribution in [0.15, 0.2) is 79.1 Å². The average molecular weight is 534 g/mol. The van der Waals surface area contributed by atoms with Gasteiger partial charge in [0.1, 0.15) is 12.6 Å². The van der Waals surface area contributed by atoms with Crippen molar-refractivity contribution >= 4 is 40.9 Å². The first-order valence-corrected chi connectivity index (χ1v) is 12.5. The number of hydrogen-bond acceptors (Lipinski definition) is 5. The molecule has 0 aliphatic carbocycles. The number of halogens is 1. The zero-order valence-corrected chi connectivity index (χ0v) is 21.7. The van der Waals surface area contributed by atoms with Crippen molar-refractivity contribution in [3.8, 4) is 0 Å². The lowest BCUT2D eigenvalue weighted by Gasteiger charge is -2.34. The lowest BCUT2D eigenvalue weighted by atomic mass is 10.0. The first-order chi connectivity index (χ1) is 18.3. The number of nitrogens with one attached hydrogen (secondary N) is 1. The summed E-state index contributed by atoms with van der Waals surface area (Å²) in [4.78, 5) is 60.1. The Morgan fingerprint density at radius 1 is 1.03 bits per heavy atom. The molecular weight excluding hydrogens is 506 g/mol. The van der Waals surface area contributed by atoms with Gasteiger partial charge in [-0.05, 0) is 42.0 Å². The molecule has 0 bridgehead atoms. The van der Waals surface area contributed by atoms with E-state index >= 15 is 0 Å². The maximum absolute atomic E-state index is 13.4. The molecule has 1 aliphatic heterocycles. The molecule has 1 N–H and O–H groups in total. The summed E-state index contributed by atoms with van der Waals surface area (Å²) in [5.74, 6) is -1.38. The SMILES string of the molecule is CN(C(=O)[C@H](Cc1ccccc1)NC(=O)CN1CCN(C(=O)c2cccnc2)CC1=O)c1ccc(Cl)cc1. The number of carbonyl (C=O) groups excluding carboxylic acids is 4. The second-order valence-corrected chi connectivity index (χ2v) is 9.40. The zero-order valence-electron chi connectivity index (χ0n) is 20.9. The molecule has 9 nitrogen and oxygen atoms in total. The molecule has 0 spiro atoms. The van der Waals surface area contributed by atoms with Crippen LogP contribution < -0.4 is 10.2 Å². The highest BCUT2D eigenvalue weighted by atomic mass is 35.5. The third-order valence-electron chi connectivity index (χ3n) is 6.31. The molecule has 4 rings (SSSR count). The lowest BCUT2D eigenvalue weighted by molar-refractivity contribution is -0.139. The Morgan fingerprint density at radius 2 is 1.76 bits per heavy atom. The van der Waals surface area contributed by atoms with Gasteiger partial charge in [-0.25, -0.2) is 0 Å². The molecule has 3 aromatic rings. The summed E-state index contributed by atoms with van der Waals surface area (Å²) in [5.41, 5.74) is 1.92. The molecule has 1 saturated heterocycles. The summed E-state index contributed by atoms with van der Waals surface area (Å²) in [6.07, 6.45) is 3.31. The van der Waals surface area contributed by atoms with E-state index in [4.69, 9.17) is 11.6 Å². The second kappa shape index (κ2) is 12.3. The average Bonchev–Trinajstić information content (AvgIpc) is 2.94. The van der Waals surface area contributed by atoms with Crippen LogP contribution in [0.4, 0.5) is 5.69 Å². The van der Waals surface area contributed by atoms with Gasteiger partial charge < -0.3 is 20.0 Å². The topological polar surface area (TPSA) is 103 Å². The van der Waals surface area contributed by atoms with Crippen LogP contribution >= 0.6 is 11.6 Å². The first kappa shape index (κ1) is 26.8. The van der Waals surface area contributed by atoms with Gasteiger partial charge in [0.2, 0.25) is 17.7 Å². The molecular formula is C28H28ClN5O4. The fourth-order valence-corrected chi connectivity index (χ4v) is 4.34. The van der Waals surface area contributed by atoms with Crippen LogP contribution in [-0.4, -0.2) is 77.7 Å². The van der Waals surface area contributed by atoms with Gasteiger partial charge in [0.25, 0.3) is 5.91 Å². The number of anilines is 1. The van der Waals surface area contributed by atoms with E-state index in [2.05, 4.69) is 10.3 Å². The van der Waals surface area contributed by atoms with E-state index in [1.54, 1.807) is 49.6 Å². The summed E-state index contributed by atoms with van der Waals surface area (Å²) in [7, 11) is 1.64. The minimum atomic E-state index is -0.853. The van der Waals surface area contributed by atoms with E-state index in [9.17, 15) is 19.2 Å². The molecule has 0 radical (unpaired) electrons. The number of rotatable bonds is 8. The number of aromatic nitrogens is 1. The van der Waals surface area contributed by atoms with Crippen molar-refractivity contribution in [2.75, 3.05) is 38.1 Å². The molecule has 196 valence electrons. The number of piperazine rings is 1. The van der Waals surface area contributed by atoms with Crippen molar-refractivity contribution < 1.29 is 19.2 Å². The Balaban J connectivity index is 1.40. The van der Waals surface area contributed by atoms with Crippen molar-refractivity contribution in [2.45, 2.75) is 12.5 Å². The minimum Gasteiger partial charge on any atom is -0.342 e. The largest absolute Gasteiger partial charge is 0.342 e. The van der Waals surface area contributed by atoms with Gasteiger partial charge in [0.05, 0.1) is 12.1 Å². The van der Waals surface area contributed by atoms with Crippen molar-refractivity contribution in [3.63, 3.8) is 0 Å². The van der Waals surface area contributed by atoms with Crippen LogP contribution in [0.5, 0.6) is 0 Å². The second-order valence-electron chi connectivity index (χ2n) is 8.97. The van der Waals surface area contributed by atoms with Crippen molar-refractivity contribution in [1.29, 1.82) is 0 Å². The smallest absolute Gasteiger partial charge is 0.255 e. The van der Waals surface area contributed by atoms with Crippen LogP contribution in [-0.2, 0) is 20.8 Å². The third kappa shape index (κ3) is 6.74. The molecule has 1 atom stereocenters. The molecule has 4 amide bonds. The Kier molecular flexibility index (Phi) is 8.70. The van der Waals surface area contributed by atoms with Gasteiger partial charge in [-0.15, -0.1) is 0 Å². The van der Waals surface area contributed by atoms with E-state index in [0.29, 0.717) is 22.8 Å². The standard InChI is InChI=1S/C28H28ClN5O4/c1-32(23-11-9-22(29)10-12-23)28(38)24(16-20-6-3-2-4-7-20)31-25(35)18-33-14-15-34(19-26(33)36)27(37)21-8-5-13-30-17-21/h2-13,17,24H,14-16,18-19H2,1H3,(H,31,35)/t24-/m0/s1. The Morgan fingerprint density at radius 3 is 2.42 bits per heavy atom. The lowest BCUT2D eigenvalue weighted by Crippen LogP contribution is -2.56. The van der Waals surface area contributed by atoms with Crippen LogP contribution in [0.3, 0.4) is 0 Å². The quantitative estimate of drug-likeness (QED) is 0.479. The van der Waals surface area contributed by atoms with E-state index in [1.807, 2.05) is 30.3 Å². The summed E-state index contributed by atoms with van der Waals surface area (Å²) in [6.45, 7) is 0.155. The van der Waals surface area contributed by atoms with Gasteiger partial charge in [0, 0.05) is 49.7 Å². The number of pyridine rings is 1. The summed E-state index contributed by atoms with van der Waals surface area (Å²) < 4.78 is 0. The summed E-state index contributed by atoms with van der Waals surface area (Å²) in [6, 6.07) is 18.7. The molecule has 0 unspecified atom stereocenters. The van der Waals surface area contributed by atoms with E-state index in [-0.39, 0.29) is 43.8 Å². The molecule has 2 aromatic carbocycles. The van der Waals surface area contributed by atoms with Crippen LogP contribution in [0.25, 0.3) is 0 Å². The normalized spacial score (nSPS) is 14.1. The fraction of sp³-hybridized carbons (Fsp3) is 0.250. The van der Waals surface area contributed by atoms with Crippen molar-refractivity contribution in [1.82, 2.24) is 20.1 Å². The van der Waals surface area contributed by atoms with Gasteiger partial charge in [-0.3, -0.25) is 24.2 Å². The van der Waals surface area contributed by atoms with E-state index in [0.717, 1.165) is 5.56 Å². The predicted molar refractivity (Wildman–Crippen MR) is 144 cm³/mol. The van der Waals surface area contributed by atoms with E-state index in [1.165, 1.54) is 20.9 Å². The Hall–Kier alpha value is -4.24. The molecule has 0 saturated carbocycles. The van der Waals surface area contributed by atoms with Crippen molar-refractivity contribution in [2.24, 2.45) is 0 Å². The Bertz CT molecular complexity index is 1290. The van der Waals surface area contributed by atoms with Crippen molar-refractivity contribution in [3.05, 3.63) is 95.3 Å². The first-order valence-electron chi connectivity index (χ1n) is 12.2. The van der Waals surface area contributed by atoms with Gasteiger partial charge in [-0.1, -0.05) is 41.9 Å². The highest BCUT2D eigenvalue weighted by Gasteiger charge is 2.31. The minimum absolute atomic E-state index is 0.132. The molecule has 38 heavy (non-hydrogen) atoms. The highest BCUT2D eigenvalue weighted by molar-refractivity contribution is 6.30. The van der Waals surface area contributed by atoms with Gasteiger partial charge in [0.15, 0.2) is 0 Å². The van der Waals surface area contributed by atoms with Crippen LogP contribution in [0, 0.1) is 0 Å². The zero-order chi connectivity index (χ0) is 27.1. The molecule has 1 fully saturated rings. The number of hydrogen-bond donors (Lipinski definition) is 1. The predicted octanol–water partition coefficient (Wildman–Crippen LogP) is 2.41. The number of amides is 4. The molecule has 1 aliphatic rings. The monoisotopic (exact) mass is 533 g/mol. The molecule has 10 heteroatoms. The maximum Gasteiger partial charge on any atom is 0.255 e. The number of nitrogens with zero attached hydrogens (tertiary/aromatic N) is 4. The third-order valence-corrected chi connectivity index (χ3v) is 6.56. The summed E-state index contributed by atoms with van der Waals surface area (Å²) >= 11 is 5.98. The van der Waals surface area contributed by atoms with Gasteiger partial charge in [-0.2, -0.15) is 0 Å². The molecule has 1 aromatic heterocycles. The maximum atomic E-state index is 13.4. The fourth-order valence-electron chi connectivity index (χ4n) is 4.21. The molecule has 2 heterocycles. The number of benzene rings is 2. The highest BCUT2D eigenvalue weighted by Crippen LogP contribution is 2.18. The van der Waals surface area contributed by atoms with Crippen LogP contribution in [0.2, 0.25) is 5.02 Å². The number of carbonyl (C=O) groups is 4. The Labute approximate surface area is 226 Å².